The van der Waals surface area contributed by atoms with Crippen molar-refractivity contribution in [1.29, 1.82) is 0 Å². The number of aryl methyl sites for hydroxylation is 1. The van der Waals surface area contributed by atoms with E-state index >= 15 is 0 Å². The van der Waals surface area contributed by atoms with E-state index in [0.717, 1.165) is 5.56 Å². The summed E-state index contributed by atoms with van der Waals surface area (Å²) in [4.78, 5) is 3.58. The van der Waals surface area contributed by atoms with Crippen LogP contribution in [0.2, 0.25) is 0 Å². The topological polar surface area (TPSA) is 38.9 Å². The number of nitrogens with two attached hydrogens (primary N) is 1. The molecule has 0 amide bonds. The molecule has 3 heteroatoms. The molecule has 1 heterocycles. The van der Waals surface area contributed by atoms with Crippen molar-refractivity contribution < 1.29 is 4.39 Å². The summed E-state index contributed by atoms with van der Waals surface area (Å²) < 4.78 is 12.8. The minimum absolute atomic E-state index is 0.402. The van der Waals surface area contributed by atoms with Gasteiger partial charge in [-0.15, -0.1) is 0 Å². The van der Waals surface area contributed by atoms with Crippen molar-refractivity contribution in [1.82, 2.24) is 4.98 Å². The van der Waals surface area contributed by atoms with Crippen LogP contribution in [0.5, 0.6) is 0 Å². The molecule has 0 saturated carbocycles. The standard InChI is InChI=1S/C8H11FN2/c1-6-4-7(2-3-10)8(9)11-5-6/h4-5H,2-3,10H2,1H3. The fourth-order valence-electron chi connectivity index (χ4n) is 0.944. The first-order chi connectivity index (χ1) is 5.24. The van der Waals surface area contributed by atoms with E-state index in [1.165, 1.54) is 6.20 Å². The second-order valence-corrected chi connectivity index (χ2v) is 2.50. The highest BCUT2D eigenvalue weighted by molar-refractivity contribution is 5.18. The van der Waals surface area contributed by atoms with Gasteiger partial charge in [0.05, 0.1) is 0 Å². The molecule has 0 unspecified atom stereocenters. The third-order valence-corrected chi connectivity index (χ3v) is 1.46. The monoisotopic (exact) mass is 154 g/mol. The summed E-state index contributed by atoms with van der Waals surface area (Å²) >= 11 is 0. The van der Waals surface area contributed by atoms with Gasteiger partial charge in [-0.1, -0.05) is 0 Å². The molecule has 60 valence electrons. The van der Waals surface area contributed by atoms with Gasteiger partial charge in [-0.3, -0.25) is 0 Å². The van der Waals surface area contributed by atoms with Gasteiger partial charge < -0.3 is 5.73 Å². The lowest BCUT2D eigenvalue weighted by Gasteiger charge is -2.00. The van der Waals surface area contributed by atoms with Gasteiger partial charge in [0.2, 0.25) is 5.95 Å². The number of aromatic nitrogens is 1. The molecular formula is C8H11FN2. The Morgan fingerprint density at radius 2 is 2.36 bits per heavy atom. The van der Waals surface area contributed by atoms with Gasteiger partial charge in [-0.25, -0.2) is 4.98 Å². The van der Waals surface area contributed by atoms with Crippen molar-refractivity contribution in [2.75, 3.05) is 6.54 Å². The van der Waals surface area contributed by atoms with E-state index in [0.29, 0.717) is 18.5 Å². The maximum atomic E-state index is 12.8. The van der Waals surface area contributed by atoms with Crippen LogP contribution in [0, 0.1) is 12.9 Å². The van der Waals surface area contributed by atoms with Crippen LogP contribution in [0.3, 0.4) is 0 Å². The van der Waals surface area contributed by atoms with Crippen molar-refractivity contribution in [3.63, 3.8) is 0 Å². The van der Waals surface area contributed by atoms with Crippen LogP contribution < -0.4 is 5.73 Å². The molecule has 0 aliphatic rings. The lowest BCUT2D eigenvalue weighted by atomic mass is 10.1. The molecule has 0 aliphatic heterocycles. The van der Waals surface area contributed by atoms with E-state index in [4.69, 9.17) is 5.73 Å². The first-order valence-electron chi connectivity index (χ1n) is 3.55. The molecule has 1 aromatic rings. The van der Waals surface area contributed by atoms with Gasteiger partial charge in [0.15, 0.2) is 0 Å². The Balaban J connectivity index is 2.93. The number of rotatable bonds is 2. The van der Waals surface area contributed by atoms with Crippen LogP contribution in [0.25, 0.3) is 0 Å². The smallest absolute Gasteiger partial charge is 0.216 e. The Kier molecular flexibility index (Phi) is 2.54. The zero-order chi connectivity index (χ0) is 8.27. The highest BCUT2D eigenvalue weighted by Gasteiger charge is 2.01. The van der Waals surface area contributed by atoms with Crippen LogP contribution in [-0.4, -0.2) is 11.5 Å². The van der Waals surface area contributed by atoms with Crippen LogP contribution in [0.4, 0.5) is 4.39 Å². The van der Waals surface area contributed by atoms with Crippen molar-refractivity contribution >= 4 is 0 Å². The first kappa shape index (κ1) is 8.14. The Morgan fingerprint density at radius 3 is 3.00 bits per heavy atom. The van der Waals surface area contributed by atoms with Crippen LogP contribution >= 0.6 is 0 Å². The Labute approximate surface area is 65.3 Å². The highest BCUT2D eigenvalue weighted by Crippen LogP contribution is 2.06. The molecule has 0 saturated heterocycles. The predicted molar refractivity (Wildman–Crippen MR) is 41.7 cm³/mol. The molecular weight excluding hydrogens is 143 g/mol. The van der Waals surface area contributed by atoms with E-state index < -0.39 is 5.95 Å². The van der Waals surface area contributed by atoms with Crippen LogP contribution in [0.15, 0.2) is 12.3 Å². The van der Waals surface area contributed by atoms with Gasteiger partial charge in [0, 0.05) is 11.8 Å². The molecule has 0 aliphatic carbocycles. The Bertz CT molecular complexity index is 248. The number of halogens is 1. The summed E-state index contributed by atoms with van der Waals surface area (Å²) in [7, 11) is 0. The summed E-state index contributed by atoms with van der Waals surface area (Å²) in [6.07, 6.45) is 2.07. The summed E-state index contributed by atoms with van der Waals surface area (Å²) in [6.45, 7) is 2.34. The van der Waals surface area contributed by atoms with Crippen molar-refractivity contribution in [3.05, 3.63) is 29.3 Å². The zero-order valence-electron chi connectivity index (χ0n) is 6.47. The summed E-state index contributed by atoms with van der Waals surface area (Å²) in [5, 5.41) is 0. The quantitative estimate of drug-likeness (QED) is 0.646. The van der Waals surface area contributed by atoms with Gasteiger partial charge in [0.25, 0.3) is 0 Å². The number of nitrogens with zero attached hydrogens (tertiary/aromatic N) is 1. The largest absolute Gasteiger partial charge is 0.330 e. The fraction of sp³-hybridized carbons (Fsp3) is 0.375. The average Bonchev–Trinajstić information content (AvgIpc) is 1.98. The molecule has 0 atom stereocenters. The molecule has 0 fully saturated rings. The van der Waals surface area contributed by atoms with E-state index in [-0.39, 0.29) is 0 Å². The summed E-state index contributed by atoms with van der Waals surface area (Å²) in [5.74, 6) is -0.402. The molecule has 2 N–H and O–H groups in total. The molecule has 1 aromatic heterocycles. The first-order valence-corrected chi connectivity index (χ1v) is 3.55. The molecule has 0 radical (unpaired) electrons. The third kappa shape index (κ3) is 1.98. The van der Waals surface area contributed by atoms with Gasteiger partial charge in [-0.2, -0.15) is 4.39 Å². The highest BCUT2D eigenvalue weighted by atomic mass is 19.1. The Morgan fingerprint density at radius 1 is 1.64 bits per heavy atom. The molecule has 2 nitrogen and oxygen atoms in total. The van der Waals surface area contributed by atoms with Gasteiger partial charge in [-0.05, 0) is 31.5 Å². The maximum Gasteiger partial charge on any atom is 0.216 e. The normalized spacial score (nSPS) is 10.1. The van der Waals surface area contributed by atoms with E-state index in [2.05, 4.69) is 4.98 Å². The van der Waals surface area contributed by atoms with E-state index in [1.807, 2.05) is 6.92 Å². The summed E-state index contributed by atoms with van der Waals surface area (Å²) in [5.41, 5.74) is 6.86. The number of pyridine rings is 1. The minimum atomic E-state index is -0.402. The van der Waals surface area contributed by atoms with Crippen molar-refractivity contribution in [2.45, 2.75) is 13.3 Å². The van der Waals surface area contributed by atoms with Crippen LogP contribution in [-0.2, 0) is 6.42 Å². The third-order valence-electron chi connectivity index (χ3n) is 1.46. The second kappa shape index (κ2) is 3.44. The second-order valence-electron chi connectivity index (χ2n) is 2.50. The van der Waals surface area contributed by atoms with Gasteiger partial charge in [0.1, 0.15) is 0 Å². The molecule has 0 bridgehead atoms. The maximum absolute atomic E-state index is 12.8. The lowest BCUT2D eigenvalue weighted by Crippen LogP contribution is -2.05. The Hall–Kier alpha value is -0.960. The van der Waals surface area contributed by atoms with Gasteiger partial charge >= 0.3 is 0 Å². The van der Waals surface area contributed by atoms with E-state index in [1.54, 1.807) is 6.07 Å². The predicted octanol–water partition coefficient (Wildman–Crippen LogP) is 1.03. The SMILES string of the molecule is Cc1cnc(F)c(CCN)c1. The fourth-order valence-corrected chi connectivity index (χ4v) is 0.944. The summed E-state index contributed by atoms with van der Waals surface area (Å²) in [6, 6.07) is 1.77. The minimum Gasteiger partial charge on any atom is -0.330 e. The molecule has 1 rings (SSSR count). The van der Waals surface area contributed by atoms with Crippen molar-refractivity contribution in [2.24, 2.45) is 5.73 Å². The number of hydrogen-bond acceptors (Lipinski definition) is 2. The zero-order valence-corrected chi connectivity index (χ0v) is 6.47. The number of hydrogen-bond donors (Lipinski definition) is 1. The van der Waals surface area contributed by atoms with E-state index in [9.17, 15) is 4.39 Å². The van der Waals surface area contributed by atoms with Crippen molar-refractivity contribution in [3.8, 4) is 0 Å². The molecule has 0 aromatic carbocycles. The molecule has 0 spiro atoms. The lowest BCUT2D eigenvalue weighted by molar-refractivity contribution is 0.565. The molecule has 11 heavy (non-hydrogen) atoms. The van der Waals surface area contributed by atoms with Crippen LogP contribution in [0.1, 0.15) is 11.1 Å². The average molecular weight is 154 g/mol.